The van der Waals surface area contributed by atoms with Crippen molar-refractivity contribution in [3.8, 4) is 0 Å². The maximum Gasteiger partial charge on any atom is 0.335 e. The number of carboxylic acids is 1. The quantitative estimate of drug-likeness (QED) is 0.704. The number of aromatic carboxylic acids is 1. The average Bonchev–Trinajstić information content (AvgIpc) is 2.25. The fourth-order valence-electron chi connectivity index (χ4n) is 1.55. The molecule has 3 heteroatoms. The Balaban J connectivity index is 2.56. The van der Waals surface area contributed by atoms with E-state index in [0.717, 1.165) is 31.2 Å². The van der Waals surface area contributed by atoms with Crippen molar-refractivity contribution in [3.05, 3.63) is 35.4 Å². The highest BCUT2D eigenvalue weighted by Gasteiger charge is 2.07. The van der Waals surface area contributed by atoms with Gasteiger partial charge in [0, 0.05) is 6.61 Å². The fraction of sp³-hybridized carbons (Fsp3) is 0.417. The molecule has 0 amide bonds. The van der Waals surface area contributed by atoms with Gasteiger partial charge >= 0.3 is 5.97 Å². The van der Waals surface area contributed by atoms with Gasteiger partial charge in [0.05, 0.1) is 5.56 Å². The highest BCUT2D eigenvalue weighted by atomic mass is 16.4. The Kier molecular flexibility index (Phi) is 4.84. The third-order valence-corrected chi connectivity index (χ3v) is 2.35. The molecule has 0 saturated carbocycles. The number of rotatable bonds is 6. The lowest BCUT2D eigenvalue weighted by Crippen LogP contribution is -2.02. The molecule has 0 aliphatic heterocycles. The van der Waals surface area contributed by atoms with E-state index in [9.17, 15) is 4.79 Å². The van der Waals surface area contributed by atoms with Gasteiger partial charge in [-0.05, 0) is 30.9 Å². The Morgan fingerprint density at radius 3 is 2.53 bits per heavy atom. The third kappa shape index (κ3) is 3.72. The zero-order valence-corrected chi connectivity index (χ0v) is 8.65. The van der Waals surface area contributed by atoms with E-state index in [2.05, 4.69) is 0 Å². The van der Waals surface area contributed by atoms with Gasteiger partial charge < -0.3 is 10.2 Å². The van der Waals surface area contributed by atoms with Gasteiger partial charge in [0.15, 0.2) is 0 Å². The van der Waals surface area contributed by atoms with Crippen molar-refractivity contribution < 1.29 is 15.0 Å². The molecule has 0 bridgehead atoms. The zero-order chi connectivity index (χ0) is 11.1. The van der Waals surface area contributed by atoms with Crippen LogP contribution in [0, 0.1) is 0 Å². The molecule has 82 valence electrons. The van der Waals surface area contributed by atoms with E-state index in [1.54, 1.807) is 12.1 Å². The lowest BCUT2D eigenvalue weighted by Gasteiger charge is -2.04. The summed E-state index contributed by atoms with van der Waals surface area (Å²) in [4.78, 5) is 10.9. The Morgan fingerprint density at radius 1 is 1.13 bits per heavy atom. The lowest BCUT2D eigenvalue weighted by molar-refractivity contribution is 0.0695. The first-order valence-corrected chi connectivity index (χ1v) is 5.17. The first kappa shape index (κ1) is 11.7. The molecule has 1 rings (SSSR count). The first-order chi connectivity index (χ1) is 7.25. The summed E-state index contributed by atoms with van der Waals surface area (Å²) < 4.78 is 0. The third-order valence-electron chi connectivity index (χ3n) is 2.35. The van der Waals surface area contributed by atoms with Crippen LogP contribution in [-0.2, 0) is 6.42 Å². The number of aliphatic hydroxyl groups is 1. The van der Waals surface area contributed by atoms with Crippen molar-refractivity contribution in [2.75, 3.05) is 6.61 Å². The molecule has 0 aromatic heterocycles. The summed E-state index contributed by atoms with van der Waals surface area (Å²) in [6.07, 6.45) is 3.41. The normalized spacial score (nSPS) is 10.2. The van der Waals surface area contributed by atoms with Crippen LogP contribution in [0.5, 0.6) is 0 Å². The van der Waals surface area contributed by atoms with E-state index in [1.807, 2.05) is 12.1 Å². The van der Waals surface area contributed by atoms with Crippen molar-refractivity contribution in [1.82, 2.24) is 0 Å². The van der Waals surface area contributed by atoms with E-state index in [-0.39, 0.29) is 6.61 Å². The second-order valence-corrected chi connectivity index (χ2v) is 3.50. The predicted octanol–water partition coefficient (Wildman–Crippen LogP) is 2.09. The second kappa shape index (κ2) is 6.19. The molecule has 0 aliphatic carbocycles. The van der Waals surface area contributed by atoms with Crippen LogP contribution in [0.2, 0.25) is 0 Å². The summed E-state index contributed by atoms with van der Waals surface area (Å²) in [5, 5.41) is 17.5. The average molecular weight is 208 g/mol. The number of aryl methyl sites for hydroxylation is 1. The molecule has 0 fully saturated rings. The maximum absolute atomic E-state index is 10.9. The standard InChI is InChI=1S/C12H16O3/c13-9-5-1-2-6-10-7-3-4-8-11(10)12(14)15/h3-4,7-8,13H,1-2,5-6,9H2,(H,14,15). The molecule has 0 aliphatic rings. The molecular weight excluding hydrogens is 192 g/mol. The summed E-state index contributed by atoms with van der Waals surface area (Å²) in [5.74, 6) is -0.868. The molecule has 0 spiro atoms. The number of carboxylic acid groups (broad SMARTS) is 1. The number of unbranched alkanes of at least 4 members (excludes halogenated alkanes) is 2. The Hall–Kier alpha value is -1.35. The molecule has 3 nitrogen and oxygen atoms in total. The van der Waals surface area contributed by atoms with E-state index in [0.29, 0.717) is 5.56 Å². The van der Waals surface area contributed by atoms with Gasteiger partial charge in [-0.2, -0.15) is 0 Å². The minimum absolute atomic E-state index is 0.209. The van der Waals surface area contributed by atoms with Crippen LogP contribution in [0.3, 0.4) is 0 Å². The summed E-state index contributed by atoms with van der Waals surface area (Å²) in [6.45, 7) is 0.209. The van der Waals surface area contributed by atoms with Crippen LogP contribution in [0.1, 0.15) is 35.2 Å². The van der Waals surface area contributed by atoms with E-state index in [4.69, 9.17) is 10.2 Å². The largest absolute Gasteiger partial charge is 0.478 e. The molecule has 0 radical (unpaired) electrons. The summed E-state index contributed by atoms with van der Waals surface area (Å²) in [7, 11) is 0. The first-order valence-electron chi connectivity index (χ1n) is 5.17. The molecule has 0 heterocycles. The number of hydrogen-bond acceptors (Lipinski definition) is 2. The van der Waals surface area contributed by atoms with Crippen LogP contribution in [0.4, 0.5) is 0 Å². The van der Waals surface area contributed by atoms with Crippen LogP contribution in [-0.4, -0.2) is 22.8 Å². The molecule has 15 heavy (non-hydrogen) atoms. The predicted molar refractivity (Wildman–Crippen MR) is 58.0 cm³/mol. The van der Waals surface area contributed by atoms with Crippen LogP contribution in [0.25, 0.3) is 0 Å². The molecular formula is C12H16O3. The van der Waals surface area contributed by atoms with E-state index < -0.39 is 5.97 Å². The lowest BCUT2D eigenvalue weighted by atomic mass is 10.0. The summed E-state index contributed by atoms with van der Waals surface area (Å²) in [6, 6.07) is 7.07. The number of hydrogen-bond donors (Lipinski definition) is 2. The summed E-state index contributed by atoms with van der Waals surface area (Å²) in [5.41, 5.74) is 1.27. The number of aliphatic hydroxyl groups excluding tert-OH is 1. The molecule has 2 N–H and O–H groups in total. The van der Waals surface area contributed by atoms with Gasteiger partial charge in [-0.15, -0.1) is 0 Å². The minimum Gasteiger partial charge on any atom is -0.478 e. The zero-order valence-electron chi connectivity index (χ0n) is 8.65. The molecule has 0 unspecified atom stereocenters. The Labute approximate surface area is 89.4 Å². The summed E-state index contributed by atoms with van der Waals surface area (Å²) >= 11 is 0. The van der Waals surface area contributed by atoms with Crippen molar-refractivity contribution in [2.45, 2.75) is 25.7 Å². The van der Waals surface area contributed by atoms with Crippen molar-refractivity contribution in [1.29, 1.82) is 0 Å². The topological polar surface area (TPSA) is 57.5 Å². The number of benzene rings is 1. The maximum atomic E-state index is 10.9. The van der Waals surface area contributed by atoms with Crippen LogP contribution >= 0.6 is 0 Å². The molecule has 0 saturated heterocycles. The SMILES string of the molecule is O=C(O)c1ccccc1CCCCCO. The van der Waals surface area contributed by atoms with Crippen molar-refractivity contribution in [3.63, 3.8) is 0 Å². The minimum atomic E-state index is -0.868. The molecule has 1 aromatic rings. The fourth-order valence-corrected chi connectivity index (χ4v) is 1.55. The highest BCUT2D eigenvalue weighted by molar-refractivity contribution is 5.89. The van der Waals surface area contributed by atoms with Gasteiger partial charge in [0.25, 0.3) is 0 Å². The number of carbonyl (C=O) groups is 1. The Morgan fingerprint density at radius 2 is 1.87 bits per heavy atom. The van der Waals surface area contributed by atoms with E-state index >= 15 is 0 Å². The van der Waals surface area contributed by atoms with Gasteiger partial charge in [-0.3, -0.25) is 0 Å². The van der Waals surface area contributed by atoms with Gasteiger partial charge in [0.2, 0.25) is 0 Å². The monoisotopic (exact) mass is 208 g/mol. The second-order valence-electron chi connectivity index (χ2n) is 3.50. The van der Waals surface area contributed by atoms with Crippen molar-refractivity contribution >= 4 is 5.97 Å². The van der Waals surface area contributed by atoms with Gasteiger partial charge in [0.1, 0.15) is 0 Å². The Bertz CT molecular complexity index is 320. The molecule has 1 aromatic carbocycles. The van der Waals surface area contributed by atoms with Gasteiger partial charge in [-0.1, -0.05) is 24.6 Å². The van der Waals surface area contributed by atoms with Crippen LogP contribution in [0.15, 0.2) is 24.3 Å². The smallest absolute Gasteiger partial charge is 0.335 e. The highest BCUT2D eigenvalue weighted by Crippen LogP contribution is 2.12. The van der Waals surface area contributed by atoms with Crippen LogP contribution < -0.4 is 0 Å². The molecule has 0 atom stereocenters. The van der Waals surface area contributed by atoms with E-state index in [1.165, 1.54) is 0 Å². The van der Waals surface area contributed by atoms with Gasteiger partial charge in [-0.25, -0.2) is 4.79 Å². The van der Waals surface area contributed by atoms with Crippen molar-refractivity contribution in [2.24, 2.45) is 0 Å².